The third kappa shape index (κ3) is 5.01. The van der Waals surface area contributed by atoms with Crippen LogP contribution in [-0.2, 0) is 0 Å². The maximum absolute atomic E-state index is 9.89. The average molecular weight is 284 g/mol. The van der Waals surface area contributed by atoms with Crippen molar-refractivity contribution >= 4 is 0 Å². The molecule has 3 unspecified atom stereocenters. The van der Waals surface area contributed by atoms with Crippen molar-refractivity contribution in [3.8, 4) is 0 Å². The van der Waals surface area contributed by atoms with Crippen LogP contribution in [0.25, 0.3) is 0 Å². The van der Waals surface area contributed by atoms with Gasteiger partial charge in [0.25, 0.3) is 0 Å². The molecule has 120 valence electrons. The zero-order chi connectivity index (χ0) is 15.3. The first kappa shape index (κ1) is 17.9. The molecule has 2 N–H and O–H groups in total. The summed E-state index contributed by atoms with van der Waals surface area (Å²) in [6, 6.07) is 1.64. The lowest BCUT2D eigenvalue weighted by molar-refractivity contribution is 0.0472. The number of rotatable bonds is 7. The van der Waals surface area contributed by atoms with E-state index < -0.39 is 0 Å². The smallest absolute Gasteiger partial charge is 0.0613 e. The summed E-state index contributed by atoms with van der Waals surface area (Å²) < 4.78 is 0. The summed E-state index contributed by atoms with van der Waals surface area (Å²) in [7, 11) is 2.26. The van der Waals surface area contributed by atoms with E-state index >= 15 is 0 Å². The molecule has 0 aromatic carbocycles. The number of aliphatic hydroxyl groups excluding tert-OH is 1. The highest BCUT2D eigenvalue weighted by atomic mass is 16.3. The topological polar surface area (TPSA) is 35.5 Å². The molecule has 3 nitrogen and oxygen atoms in total. The van der Waals surface area contributed by atoms with E-state index in [1.165, 1.54) is 19.3 Å². The van der Waals surface area contributed by atoms with Gasteiger partial charge in [-0.15, -0.1) is 0 Å². The van der Waals surface area contributed by atoms with Crippen LogP contribution in [0.3, 0.4) is 0 Å². The van der Waals surface area contributed by atoms with E-state index in [-0.39, 0.29) is 12.1 Å². The van der Waals surface area contributed by atoms with Crippen molar-refractivity contribution < 1.29 is 5.11 Å². The lowest BCUT2D eigenvalue weighted by Crippen LogP contribution is -2.58. The Morgan fingerprint density at radius 3 is 2.40 bits per heavy atom. The molecule has 0 bridgehead atoms. The first-order chi connectivity index (χ1) is 9.29. The van der Waals surface area contributed by atoms with Gasteiger partial charge in [-0.1, -0.05) is 27.7 Å². The summed E-state index contributed by atoms with van der Waals surface area (Å²) >= 11 is 0. The summed E-state index contributed by atoms with van der Waals surface area (Å²) in [5.41, 5.74) is -0.0666. The zero-order valence-electron chi connectivity index (χ0n) is 14.4. The van der Waals surface area contributed by atoms with Crippen molar-refractivity contribution in [2.75, 3.05) is 13.7 Å². The van der Waals surface area contributed by atoms with Gasteiger partial charge in [-0.2, -0.15) is 0 Å². The maximum Gasteiger partial charge on any atom is 0.0613 e. The quantitative estimate of drug-likeness (QED) is 0.754. The van der Waals surface area contributed by atoms with E-state index in [1.807, 2.05) is 0 Å². The molecule has 0 heterocycles. The molecule has 1 fully saturated rings. The SMILES string of the molecule is CC(C)CC(C)N(C)C1CCCC(CO)(NC(C)C)C1. The summed E-state index contributed by atoms with van der Waals surface area (Å²) in [5, 5.41) is 13.5. The number of nitrogens with zero attached hydrogens (tertiary/aromatic N) is 1. The highest BCUT2D eigenvalue weighted by Crippen LogP contribution is 2.32. The highest BCUT2D eigenvalue weighted by molar-refractivity contribution is 4.97. The van der Waals surface area contributed by atoms with Crippen LogP contribution >= 0.6 is 0 Å². The predicted octanol–water partition coefficient (Wildman–Crippen LogP) is 3.02. The third-order valence-electron chi connectivity index (χ3n) is 4.80. The Kier molecular flexibility index (Phi) is 6.96. The van der Waals surface area contributed by atoms with Crippen LogP contribution in [0.2, 0.25) is 0 Å². The van der Waals surface area contributed by atoms with Crippen molar-refractivity contribution in [3.05, 3.63) is 0 Å². The largest absolute Gasteiger partial charge is 0.394 e. The van der Waals surface area contributed by atoms with Crippen LogP contribution in [0.4, 0.5) is 0 Å². The molecule has 0 radical (unpaired) electrons. The molecular weight excluding hydrogens is 248 g/mol. The first-order valence-electron chi connectivity index (χ1n) is 8.40. The Labute approximate surface area is 126 Å². The van der Waals surface area contributed by atoms with Crippen molar-refractivity contribution in [2.45, 2.75) is 90.4 Å². The van der Waals surface area contributed by atoms with Crippen molar-refractivity contribution in [1.29, 1.82) is 0 Å². The van der Waals surface area contributed by atoms with Crippen LogP contribution < -0.4 is 5.32 Å². The molecule has 0 aromatic heterocycles. The second-order valence-electron chi connectivity index (χ2n) is 7.63. The third-order valence-corrected chi connectivity index (χ3v) is 4.80. The summed E-state index contributed by atoms with van der Waals surface area (Å²) in [6.07, 6.45) is 5.89. The monoisotopic (exact) mass is 284 g/mol. The second kappa shape index (κ2) is 7.77. The molecule has 1 aliphatic carbocycles. The van der Waals surface area contributed by atoms with Crippen LogP contribution in [0.15, 0.2) is 0 Å². The average Bonchev–Trinajstić information content (AvgIpc) is 2.36. The fourth-order valence-corrected chi connectivity index (χ4v) is 3.82. The van der Waals surface area contributed by atoms with Gasteiger partial charge < -0.3 is 15.3 Å². The van der Waals surface area contributed by atoms with E-state index in [0.717, 1.165) is 18.8 Å². The molecule has 3 heteroatoms. The minimum absolute atomic E-state index is 0.0666. The van der Waals surface area contributed by atoms with Crippen LogP contribution in [0.1, 0.15) is 66.7 Å². The summed E-state index contributed by atoms with van der Waals surface area (Å²) in [5.74, 6) is 0.743. The van der Waals surface area contributed by atoms with Gasteiger partial charge in [0.15, 0.2) is 0 Å². The normalized spacial score (nSPS) is 29.4. The van der Waals surface area contributed by atoms with Gasteiger partial charge in [-0.25, -0.2) is 0 Å². The first-order valence-corrected chi connectivity index (χ1v) is 8.40. The minimum atomic E-state index is -0.0666. The number of nitrogens with one attached hydrogen (secondary N) is 1. The molecule has 3 atom stereocenters. The molecule has 1 rings (SSSR count). The molecule has 1 saturated carbocycles. The number of hydrogen-bond acceptors (Lipinski definition) is 3. The van der Waals surface area contributed by atoms with Crippen molar-refractivity contribution in [1.82, 2.24) is 10.2 Å². The van der Waals surface area contributed by atoms with Gasteiger partial charge in [0.2, 0.25) is 0 Å². The summed E-state index contributed by atoms with van der Waals surface area (Å²) in [6.45, 7) is 11.5. The van der Waals surface area contributed by atoms with E-state index in [1.54, 1.807) is 0 Å². The molecule has 0 aliphatic heterocycles. The van der Waals surface area contributed by atoms with E-state index in [2.05, 4.69) is 51.9 Å². The van der Waals surface area contributed by atoms with Gasteiger partial charge in [-0.3, -0.25) is 0 Å². The number of aliphatic hydroxyl groups is 1. The van der Waals surface area contributed by atoms with Crippen molar-refractivity contribution in [3.63, 3.8) is 0 Å². The molecule has 1 aliphatic rings. The minimum Gasteiger partial charge on any atom is -0.394 e. The van der Waals surface area contributed by atoms with E-state index in [0.29, 0.717) is 18.1 Å². The van der Waals surface area contributed by atoms with Gasteiger partial charge in [0.1, 0.15) is 0 Å². The summed E-state index contributed by atoms with van der Waals surface area (Å²) in [4.78, 5) is 2.55. The molecule has 20 heavy (non-hydrogen) atoms. The molecule has 0 saturated heterocycles. The van der Waals surface area contributed by atoms with Crippen LogP contribution in [-0.4, -0.2) is 47.3 Å². The number of hydrogen-bond donors (Lipinski definition) is 2. The Morgan fingerprint density at radius 2 is 1.90 bits per heavy atom. The Balaban J connectivity index is 2.67. The Morgan fingerprint density at radius 1 is 1.25 bits per heavy atom. The molecule has 0 amide bonds. The molecule has 0 spiro atoms. The van der Waals surface area contributed by atoms with Gasteiger partial charge >= 0.3 is 0 Å². The lowest BCUT2D eigenvalue weighted by Gasteiger charge is -2.46. The zero-order valence-corrected chi connectivity index (χ0v) is 14.4. The fraction of sp³-hybridized carbons (Fsp3) is 1.00. The van der Waals surface area contributed by atoms with Gasteiger partial charge in [-0.05, 0) is 52.0 Å². The predicted molar refractivity (Wildman–Crippen MR) is 87.0 cm³/mol. The Hall–Kier alpha value is -0.120. The lowest BCUT2D eigenvalue weighted by atomic mass is 9.78. The van der Waals surface area contributed by atoms with E-state index in [4.69, 9.17) is 0 Å². The van der Waals surface area contributed by atoms with Gasteiger partial charge in [0.05, 0.1) is 6.61 Å². The second-order valence-corrected chi connectivity index (χ2v) is 7.63. The van der Waals surface area contributed by atoms with Crippen LogP contribution in [0.5, 0.6) is 0 Å². The Bertz CT molecular complexity index is 280. The van der Waals surface area contributed by atoms with Crippen LogP contribution in [0, 0.1) is 5.92 Å². The van der Waals surface area contributed by atoms with Crippen molar-refractivity contribution in [2.24, 2.45) is 5.92 Å². The van der Waals surface area contributed by atoms with Gasteiger partial charge in [0, 0.05) is 23.7 Å². The molecular formula is C17H36N2O. The maximum atomic E-state index is 9.89. The van der Waals surface area contributed by atoms with E-state index in [9.17, 15) is 5.11 Å². The fourth-order valence-electron chi connectivity index (χ4n) is 3.82. The molecule has 0 aromatic rings. The highest BCUT2D eigenvalue weighted by Gasteiger charge is 2.38. The standard InChI is InChI=1S/C17H36N2O/c1-13(2)10-15(5)19(6)16-8-7-9-17(11-16,12-20)18-14(3)4/h13-16,18,20H,7-12H2,1-6H3.